The lowest BCUT2D eigenvalue weighted by Crippen LogP contribution is -2.25. The molecule has 1 aromatic heterocycles. The number of nitrogens with two attached hydrogens (primary N) is 1. The second-order valence-electron chi connectivity index (χ2n) is 2.01. The Morgan fingerprint density at radius 3 is 2.73 bits per heavy atom. The molecule has 0 amide bonds. The summed E-state index contributed by atoms with van der Waals surface area (Å²) in [6.45, 7) is 0. The van der Waals surface area contributed by atoms with Crippen molar-refractivity contribution < 1.29 is 9.90 Å². The van der Waals surface area contributed by atoms with Crippen molar-refractivity contribution in [1.82, 2.24) is 10.2 Å². The maximum Gasteiger partial charge on any atom is 0.325 e. The number of aromatic nitrogens is 2. The molecule has 6 nitrogen and oxygen atoms in total. The van der Waals surface area contributed by atoms with Crippen molar-refractivity contribution in [1.29, 1.82) is 0 Å². The quantitative estimate of drug-likeness (QED) is 0.431. The van der Waals surface area contributed by atoms with Gasteiger partial charge in [0.25, 0.3) is 5.56 Å². The molecular weight excluding hydrogens is 150 g/mol. The molecule has 0 aliphatic heterocycles. The number of aliphatic carboxylic acids is 1. The van der Waals surface area contributed by atoms with Gasteiger partial charge in [0, 0.05) is 6.20 Å². The van der Waals surface area contributed by atoms with Crippen LogP contribution in [0.15, 0.2) is 11.0 Å². The van der Waals surface area contributed by atoms with Gasteiger partial charge in [0.2, 0.25) is 0 Å². The van der Waals surface area contributed by atoms with E-state index in [-0.39, 0.29) is 5.56 Å². The first-order chi connectivity index (χ1) is 5.13. The Kier molecular flexibility index (Phi) is 1.77. The van der Waals surface area contributed by atoms with Gasteiger partial charge in [-0.1, -0.05) is 0 Å². The Bertz CT molecular complexity index is 313. The molecule has 1 aromatic rings. The van der Waals surface area contributed by atoms with E-state index in [0.717, 1.165) is 0 Å². The van der Waals surface area contributed by atoms with Gasteiger partial charge < -0.3 is 15.9 Å². The Hall–Kier alpha value is -1.56. The molecule has 0 fully saturated rings. The summed E-state index contributed by atoms with van der Waals surface area (Å²) in [6.07, 6.45) is 1.24. The van der Waals surface area contributed by atoms with Gasteiger partial charge >= 0.3 is 5.97 Å². The summed E-state index contributed by atoms with van der Waals surface area (Å²) in [5, 5.41) is 12.9. The molecule has 5 N–H and O–H groups in total. The molecule has 0 radical (unpaired) electrons. The highest BCUT2D eigenvalue weighted by atomic mass is 16.4. The van der Waals surface area contributed by atoms with Crippen LogP contribution in [0.3, 0.4) is 0 Å². The van der Waals surface area contributed by atoms with E-state index < -0.39 is 17.6 Å². The van der Waals surface area contributed by atoms with E-state index in [9.17, 15) is 9.59 Å². The Labute approximate surface area is 61.0 Å². The first kappa shape index (κ1) is 7.55. The molecule has 11 heavy (non-hydrogen) atoms. The van der Waals surface area contributed by atoms with Crippen LogP contribution in [0, 0.1) is 0 Å². The highest BCUT2D eigenvalue weighted by molar-refractivity contribution is 5.74. The van der Waals surface area contributed by atoms with Gasteiger partial charge in [-0.3, -0.25) is 14.7 Å². The normalized spacial score (nSPS) is 12.8. The zero-order valence-electron chi connectivity index (χ0n) is 5.50. The number of rotatable bonds is 2. The van der Waals surface area contributed by atoms with Crippen LogP contribution < -0.4 is 11.3 Å². The summed E-state index contributed by atoms with van der Waals surface area (Å²) < 4.78 is 0. The number of H-pyrrole nitrogens is 2. The molecular formula is C5H7N3O3. The number of carbonyl (C=O) groups is 1. The van der Waals surface area contributed by atoms with Crippen LogP contribution in [0.4, 0.5) is 0 Å². The second-order valence-corrected chi connectivity index (χ2v) is 2.01. The molecule has 1 heterocycles. The summed E-state index contributed by atoms with van der Waals surface area (Å²) in [6, 6.07) is -1.26. The van der Waals surface area contributed by atoms with Crippen molar-refractivity contribution >= 4 is 5.97 Å². The fraction of sp³-hybridized carbons (Fsp3) is 0.200. The van der Waals surface area contributed by atoms with E-state index in [4.69, 9.17) is 10.8 Å². The zero-order chi connectivity index (χ0) is 8.43. The van der Waals surface area contributed by atoms with Gasteiger partial charge in [0.1, 0.15) is 6.04 Å². The lowest BCUT2D eigenvalue weighted by atomic mass is 10.2. The molecule has 0 spiro atoms. The van der Waals surface area contributed by atoms with Crippen molar-refractivity contribution in [2.75, 3.05) is 0 Å². The van der Waals surface area contributed by atoms with Crippen LogP contribution in [0.1, 0.15) is 11.6 Å². The first-order valence-electron chi connectivity index (χ1n) is 2.87. The van der Waals surface area contributed by atoms with Gasteiger partial charge in [0.15, 0.2) is 0 Å². The maximum absolute atomic E-state index is 10.7. The summed E-state index contributed by atoms with van der Waals surface area (Å²) in [5.41, 5.74) is 4.67. The average molecular weight is 157 g/mol. The summed E-state index contributed by atoms with van der Waals surface area (Å²) in [5.74, 6) is -1.23. The molecule has 60 valence electrons. The fourth-order valence-corrected chi connectivity index (χ4v) is 0.681. The molecule has 1 rings (SSSR count). The van der Waals surface area contributed by atoms with E-state index in [2.05, 4.69) is 10.2 Å². The van der Waals surface area contributed by atoms with Gasteiger partial charge in [-0.25, -0.2) is 0 Å². The van der Waals surface area contributed by atoms with E-state index in [1.54, 1.807) is 0 Å². The largest absolute Gasteiger partial charge is 0.480 e. The van der Waals surface area contributed by atoms with Crippen molar-refractivity contribution in [3.8, 4) is 0 Å². The van der Waals surface area contributed by atoms with Gasteiger partial charge in [-0.05, 0) is 0 Å². The molecule has 1 atom stereocenters. The number of carboxylic acid groups (broad SMARTS) is 1. The molecule has 0 saturated carbocycles. The highest BCUT2D eigenvalue weighted by Gasteiger charge is 2.17. The van der Waals surface area contributed by atoms with E-state index >= 15 is 0 Å². The molecule has 0 saturated heterocycles. The Morgan fingerprint density at radius 1 is 1.73 bits per heavy atom. The first-order valence-corrected chi connectivity index (χ1v) is 2.87. The van der Waals surface area contributed by atoms with E-state index in [1.807, 2.05) is 0 Å². The third-order valence-electron chi connectivity index (χ3n) is 1.28. The van der Waals surface area contributed by atoms with Crippen LogP contribution in [-0.2, 0) is 4.79 Å². The average Bonchev–Trinajstić information content (AvgIpc) is 2.33. The third kappa shape index (κ3) is 1.30. The van der Waals surface area contributed by atoms with Crippen LogP contribution in [0.2, 0.25) is 0 Å². The minimum absolute atomic E-state index is 0.0255. The number of hydrogen-bond acceptors (Lipinski definition) is 3. The smallest absolute Gasteiger partial charge is 0.325 e. The monoisotopic (exact) mass is 157 g/mol. The van der Waals surface area contributed by atoms with Crippen molar-refractivity contribution in [2.45, 2.75) is 6.04 Å². The standard InChI is InChI=1S/C5H7N3O3/c6-3(5(10)11)2-1-7-8-4(2)9/h1,3H,6H2,(H,10,11)(H2,7,8,9)/t3-/m0/s1. The Morgan fingerprint density at radius 2 is 2.36 bits per heavy atom. The third-order valence-corrected chi connectivity index (χ3v) is 1.28. The van der Waals surface area contributed by atoms with Crippen molar-refractivity contribution in [3.05, 3.63) is 22.1 Å². The molecule has 6 heteroatoms. The number of carboxylic acids is 1. The molecule has 0 bridgehead atoms. The van der Waals surface area contributed by atoms with Gasteiger partial charge in [0.05, 0.1) is 5.56 Å². The maximum atomic E-state index is 10.7. The number of nitrogens with one attached hydrogen (secondary N) is 2. The van der Waals surface area contributed by atoms with E-state index in [0.29, 0.717) is 0 Å². The molecule has 0 aliphatic carbocycles. The molecule has 0 aliphatic rings. The molecule has 0 aromatic carbocycles. The van der Waals surface area contributed by atoms with Gasteiger partial charge in [-0.2, -0.15) is 0 Å². The highest BCUT2D eigenvalue weighted by Crippen LogP contribution is 2.01. The summed E-state index contributed by atoms with van der Waals surface area (Å²) >= 11 is 0. The van der Waals surface area contributed by atoms with E-state index in [1.165, 1.54) is 6.20 Å². The fourth-order valence-electron chi connectivity index (χ4n) is 0.681. The lowest BCUT2D eigenvalue weighted by Gasteiger charge is -1.98. The number of aromatic amines is 2. The molecule has 0 unspecified atom stereocenters. The predicted molar refractivity (Wildman–Crippen MR) is 36.0 cm³/mol. The summed E-state index contributed by atoms with van der Waals surface area (Å²) in [7, 11) is 0. The lowest BCUT2D eigenvalue weighted by molar-refractivity contribution is -0.138. The predicted octanol–water partition coefficient (Wildman–Crippen LogP) is -1.21. The zero-order valence-corrected chi connectivity index (χ0v) is 5.50. The van der Waals surface area contributed by atoms with Crippen LogP contribution in [0.5, 0.6) is 0 Å². The SMILES string of the molecule is N[C@H](C(=O)O)c1c[nH][nH]c1=O. The van der Waals surface area contributed by atoms with Crippen LogP contribution in [0.25, 0.3) is 0 Å². The van der Waals surface area contributed by atoms with Crippen molar-refractivity contribution in [3.63, 3.8) is 0 Å². The Balaban J connectivity index is 3.02. The van der Waals surface area contributed by atoms with Gasteiger partial charge in [-0.15, -0.1) is 0 Å². The summed E-state index contributed by atoms with van der Waals surface area (Å²) in [4.78, 5) is 21.0. The minimum Gasteiger partial charge on any atom is -0.480 e. The van der Waals surface area contributed by atoms with Crippen molar-refractivity contribution in [2.24, 2.45) is 5.73 Å². The topological polar surface area (TPSA) is 112 Å². The minimum atomic E-state index is -1.26. The van der Waals surface area contributed by atoms with Crippen LogP contribution >= 0.6 is 0 Å². The second kappa shape index (κ2) is 2.59. The number of hydrogen-bond donors (Lipinski definition) is 4. The van der Waals surface area contributed by atoms with Crippen LogP contribution in [-0.4, -0.2) is 21.3 Å².